The highest BCUT2D eigenvalue weighted by molar-refractivity contribution is 7.07. The Labute approximate surface area is 201 Å². The highest BCUT2D eigenvalue weighted by Crippen LogP contribution is 2.27. The van der Waals surface area contributed by atoms with Crippen LogP contribution in [0.4, 0.5) is 5.69 Å². The Morgan fingerprint density at radius 1 is 0.970 bits per heavy atom. The second kappa shape index (κ2) is 10.7. The summed E-state index contributed by atoms with van der Waals surface area (Å²) in [4.78, 5) is 8.48. The highest BCUT2D eigenvalue weighted by atomic mass is 32.1. The van der Waals surface area contributed by atoms with Gasteiger partial charge in [-0.15, -0.1) is 11.3 Å². The van der Waals surface area contributed by atoms with Crippen LogP contribution in [0.25, 0.3) is 11.3 Å². The zero-order valence-corrected chi connectivity index (χ0v) is 21.0. The molecule has 0 bridgehead atoms. The van der Waals surface area contributed by atoms with Gasteiger partial charge in [0.15, 0.2) is 4.80 Å². The van der Waals surface area contributed by atoms with Crippen LogP contribution >= 0.6 is 11.3 Å². The van der Waals surface area contributed by atoms with Gasteiger partial charge in [0.25, 0.3) is 0 Å². The van der Waals surface area contributed by atoms with Crippen molar-refractivity contribution in [1.82, 2.24) is 9.47 Å². The summed E-state index contributed by atoms with van der Waals surface area (Å²) >= 11 is 1.70. The van der Waals surface area contributed by atoms with Crippen molar-refractivity contribution in [3.8, 4) is 17.0 Å². The number of morpholine rings is 1. The van der Waals surface area contributed by atoms with E-state index in [-0.39, 0.29) is 5.41 Å². The molecular weight excluding hydrogens is 430 g/mol. The number of ether oxygens (including phenoxy) is 2. The van der Waals surface area contributed by atoms with E-state index in [4.69, 9.17) is 14.5 Å². The van der Waals surface area contributed by atoms with Crippen molar-refractivity contribution in [2.45, 2.75) is 39.7 Å². The molecule has 1 aliphatic heterocycles. The first-order valence-corrected chi connectivity index (χ1v) is 12.7. The van der Waals surface area contributed by atoms with Crippen LogP contribution in [-0.4, -0.2) is 48.9 Å². The third-order valence-corrected chi connectivity index (χ3v) is 6.82. The summed E-state index contributed by atoms with van der Waals surface area (Å²) < 4.78 is 13.5. The molecule has 1 aromatic heterocycles. The molecule has 4 rings (SSSR count). The van der Waals surface area contributed by atoms with E-state index < -0.39 is 0 Å². The minimum atomic E-state index is 0.146. The summed E-state index contributed by atoms with van der Waals surface area (Å²) in [5.41, 5.74) is 4.89. The predicted molar refractivity (Wildman–Crippen MR) is 137 cm³/mol. The van der Waals surface area contributed by atoms with E-state index in [9.17, 15) is 0 Å². The van der Waals surface area contributed by atoms with Crippen molar-refractivity contribution in [3.05, 3.63) is 64.3 Å². The second-order valence-electron chi connectivity index (χ2n) is 9.38. The maximum atomic E-state index is 5.58. The minimum Gasteiger partial charge on any atom is -0.494 e. The summed E-state index contributed by atoms with van der Waals surface area (Å²) in [6, 6.07) is 17.0. The van der Waals surface area contributed by atoms with Crippen molar-refractivity contribution in [2.24, 2.45) is 4.99 Å². The van der Waals surface area contributed by atoms with E-state index in [0.717, 1.165) is 55.6 Å². The Bertz CT molecular complexity index is 1090. The zero-order valence-electron chi connectivity index (χ0n) is 20.2. The third-order valence-electron chi connectivity index (χ3n) is 5.96. The van der Waals surface area contributed by atoms with Gasteiger partial charge in [-0.1, -0.05) is 45.0 Å². The molecule has 1 fully saturated rings. The van der Waals surface area contributed by atoms with Crippen molar-refractivity contribution in [3.63, 3.8) is 0 Å². The van der Waals surface area contributed by atoms with Gasteiger partial charge >= 0.3 is 0 Å². The first kappa shape index (κ1) is 23.7. The molecule has 0 unspecified atom stereocenters. The standard InChI is InChI=1S/C27H35N3O2S/c1-5-32-24-12-10-23(11-13-24)28-26-30(15-14-29-16-18-31-19-17-29)25(20-33-26)21-6-8-22(9-7-21)27(2,3)4/h6-13,20H,5,14-19H2,1-4H3. The molecule has 0 amide bonds. The van der Waals surface area contributed by atoms with E-state index in [1.54, 1.807) is 11.3 Å². The molecular formula is C27H35N3O2S. The molecule has 33 heavy (non-hydrogen) atoms. The highest BCUT2D eigenvalue weighted by Gasteiger charge is 2.16. The molecule has 0 saturated carbocycles. The van der Waals surface area contributed by atoms with Crippen molar-refractivity contribution < 1.29 is 9.47 Å². The van der Waals surface area contributed by atoms with Crippen LogP contribution in [0.3, 0.4) is 0 Å². The second-order valence-corrected chi connectivity index (χ2v) is 10.2. The van der Waals surface area contributed by atoms with Gasteiger partial charge in [-0.3, -0.25) is 4.90 Å². The van der Waals surface area contributed by atoms with Crippen LogP contribution in [0.2, 0.25) is 0 Å². The quantitative estimate of drug-likeness (QED) is 0.464. The summed E-state index contributed by atoms with van der Waals surface area (Å²) in [5.74, 6) is 0.877. The first-order chi connectivity index (χ1) is 15.9. The van der Waals surface area contributed by atoms with Crippen molar-refractivity contribution in [1.29, 1.82) is 0 Å². The van der Waals surface area contributed by atoms with Crippen LogP contribution in [0.15, 0.2) is 58.9 Å². The lowest BCUT2D eigenvalue weighted by Crippen LogP contribution is -2.39. The number of hydrogen-bond donors (Lipinski definition) is 0. The monoisotopic (exact) mass is 465 g/mol. The third kappa shape index (κ3) is 6.14. The lowest BCUT2D eigenvalue weighted by Gasteiger charge is -2.27. The average molecular weight is 466 g/mol. The Morgan fingerprint density at radius 2 is 1.67 bits per heavy atom. The lowest BCUT2D eigenvalue weighted by atomic mass is 9.86. The van der Waals surface area contributed by atoms with Gasteiger partial charge in [-0.25, -0.2) is 4.99 Å². The Kier molecular flexibility index (Phi) is 7.68. The van der Waals surface area contributed by atoms with E-state index in [0.29, 0.717) is 6.61 Å². The number of nitrogens with zero attached hydrogens (tertiary/aromatic N) is 3. The molecule has 3 aromatic rings. The SMILES string of the molecule is CCOc1ccc(N=c2scc(-c3ccc(C(C)(C)C)cc3)n2CCN2CCOCC2)cc1. The number of benzene rings is 2. The van der Waals surface area contributed by atoms with Gasteiger partial charge in [0.1, 0.15) is 5.75 Å². The fourth-order valence-corrected chi connectivity index (χ4v) is 4.92. The molecule has 6 heteroatoms. The molecule has 1 aliphatic rings. The van der Waals surface area contributed by atoms with Crippen LogP contribution < -0.4 is 9.54 Å². The van der Waals surface area contributed by atoms with Gasteiger partial charge in [0.05, 0.1) is 31.2 Å². The number of aromatic nitrogens is 1. The lowest BCUT2D eigenvalue weighted by molar-refractivity contribution is 0.0363. The van der Waals surface area contributed by atoms with Gasteiger partial charge in [0.2, 0.25) is 0 Å². The number of thiazole rings is 1. The summed E-state index contributed by atoms with van der Waals surface area (Å²) in [6.45, 7) is 14.9. The summed E-state index contributed by atoms with van der Waals surface area (Å²) in [6.07, 6.45) is 0. The van der Waals surface area contributed by atoms with E-state index in [1.807, 2.05) is 31.2 Å². The number of hydrogen-bond acceptors (Lipinski definition) is 5. The van der Waals surface area contributed by atoms with Gasteiger partial charge in [-0.05, 0) is 47.7 Å². The molecule has 0 radical (unpaired) electrons. The van der Waals surface area contributed by atoms with Gasteiger partial charge < -0.3 is 14.0 Å². The van der Waals surface area contributed by atoms with Crippen molar-refractivity contribution in [2.75, 3.05) is 39.5 Å². The molecule has 176 valence electrons. The minimum absolute atomic E-state index is 0.146. The van der Waals surface area contributed by atoms with Crippen LogP contribution in [0.1, 0.15) is 33.3 Å². The Balaban J connectivity index is 1.66. The molecule has 2 aromatic carbocycles. The molecule has 0 atom stereocenters. The first-order valence-electron chi connectivity index (χ1n) is 11.8. The summed E-state index contributed by atoms with van der Waals surface area (Å²) in [7, 11) is 0. The molecule has 0 aliphatic carbocycles. The predicted octanol–water partition coefficient (Wildman–Crippen LogP) is 5.48. The normalized spacial score (nSPS) is 15.7. The zero-order chi connectivity index (χ0) is 23.3. The molecule has 0 N–H and O–H groups in total. The van der Waals surface area contributed by atoms with E-state index >= 15 is 0 Å². The largest absolute Gasteiger partial charge is 0.494 e. The van der Waals surface area contributed by atoms with Crippen LogP contribution in [-0.2, 0) is 16.7 Å². The topological polar surface area (TPSA) is 39.0 Å². The molecule has 0 spiro atoms. The van der Waals surface area contributed by atoms with E-state index in [1.165, 1.54) is 16.8 Å². The fourth-order valence-electron chi connectivity index (χ4n) is 3.97. The fraction of sp³-hybridized carbons (Fsp3) is 0.444. The Hall–Kier alpha value is -2.41. The smallest absolute Gasteiger partial charge is 0.190 e. The summed E-state index contributed by atoms with van der Waals surface area (Å²) in [5, 5.41) is 2.23. The molecule has 2 heterocycles. The Morgan fingerprint density at radius 3 is 2.30 bits per heavy atom. The van der Waals surface area contributed by atoms with Gasteiger partial charge in [-0.2, -0.15) is 0 Å². The maximum Gasteiger partial charge on any atom is 0.190 e. The number of rotatable bonds is 7. The van der Waals surface area contributed by atoms with Gasteiger partial charge in [0, 0.05) is 31.6 Å². The van der Waals surface area contributed by atoms with E-state index in [2.05, 4.69) is 59.9 Å². The maximum absolute atomic E-state index is 5.58. The molecule has 1 saturated heterocycles. The van der Waals surface area contributed by atoms with Crippen LogP contribution in [0, 0.1) is 0 Å². The average Bonchev–Trinajstić information content (AvgIpc) is 3.21. The molecule has 5 nitrogen and oxygen atoms in total. The van der Waals surface area contributed by atoms with Crippen LogP contribution in [0.5, 0.6) is 5.75 Å². The van der Waals surface area contributed by atoms with Crippen molar-refractivity contribution >= 4 is 17.0 Å².